The first-order valence-electron chi connectivity index (χ1n) is 9.52. The molecule has 1 heterocycles. The number of hydrogen-bond acceptors (Lipinski definition) is 5. The molecule has 0 fully saturated rings. The summed E-state index contributed by atoms with van der Waals surface area (Å²) in [5.41, 5.74) is 6.26. The molecule has 2 N–H and O–H groups in total. The summed E-state index contributed by atoms with van der Waals surface area (Å²) in [5, 5.41) is 0. The van der Waals surface area contributed by atoms with Gasteiger partial charge in [0.1, 0.15) is 4.88 Å². The maximum absolute atomic E-state index is 12.4. The second-order valence-corrected chi connectivity index (χ2v) is 7.97. The summed E-state index contributed by atoms with van der Waals surface area (Å²) in [6.45, 7) is 1.48. The van der Waals surface area contributed by atoms with Crippen LogP contribution in [0.2, 0.25) is 0 Å². The van der Waals surface area contributed by atoms with Crippen molar-refractivity contribution in [2.45, 2.75) is 51.6 Å². The molecule has 1 aliphatic rings. The highest BCUT2D eigenvalue weighted by atomic mass is 32.1. The van der Waals surface area contributed by atoms with Gasteiger partial charge in [0.2, 0.25) is 0 Å². The second kappa shape index (κ2) is 9.50. The van der Waals surface area contributed by atoms with Crippen LogP contribution in [0.15, 0.2) is 36.4 Å². The summed E-state index contributed by atoms with van der Waals surface area (Å²) in [5.74, 6) is -1.54. The Labute approximate surface area is 168 Å². The van der Waals surface area contributed by atoms with Crippen molar-refractivity contribution >= 4 is 29.1 Å². The molecule has 0 radical (unpaired) electrons. The Morgan fingerprint density at radius 2 is 1.71 bits per heavy atom. The summed E-state index contributed by atoms with van der Waals surface area (Å²) < 4.78 is 5.28. The maximum Gasteiger partial charge on any atom is 0.349 e. The quantitative estimate of drug-likeness (QED) is 0.608. The molecule has 1 atom stereocenters. The number of ether oxygens (including phenoxy) is 1. The molecule has 0 aliphatic heterocycles. The third-order valence-corrected chi connectivity index (χ3v) is 5.90. The van der Waals surface area contributed by atoms with Crippen LogP contribution in [0.1, 0.15) is 63.1 Å². The molecule has 0 spiro atoms. The van der Waals surface area contributed by atoms with E-state index in [1.807, 2.05) is 6.07 Å². The lowest BCUT2D eigenvalue weighted by Crippen LogP contribution is -2.46. The SMILES string of the molecule is C[C@H](OC(=O)c1cc2c(s1)CCCCCC2)C(=O)NNC(=O)c1ccccc1. The van der Waals surface area contributed by atoms with Gasteiger partial charge in [-0.25, -0.2) is 4.79 Å². The van der Waals surface area contributed by atoms with E-state index in [2.05, 4.69) is 10.9 Å². The third-order valence-electron chi connectivity index (χ3n) is 4.69. The number of thiophene rings is 1. The van der Waals surface area contributed by atoms with Gasteiger partial charge in [-0.2, -0.15) is 0 Å². The number of fused-ring (bicyclic) bond motifs is 1. The number of amides is 2. The molecule has 3 rings (SSSR count). The maximum atomic E-state index is 12.4. The highest BCUT2D eigenvalue weighted by Crippen LogP contribution is 2.29. The van der Waals surface area contributed by atoms with Crippen molar-refractivity contribution in [3.8, 4) is 0 Å². The van der Waals surface area contributed by atoms with Gasteiger partial charge in [0.15, 0.2) is 6.10 Å². The van der Waals surface area contributed by atoms with Crippen LogP contribution >= 0.6 is 11.3 Å². The molecule has 1 aromatic heterocycles. The van der Waals surface area contributed by atoms with E-state index in [4.69, 9.17) is 4.74 Å². The van der Waals surface area contributed by atoms with Gasteiger partial charge < -0.3 is 4.74 Å². The van der Waals surface area contributed by atoms with E-state index in [-0.39, 0.29) is 0 Å². The molecule has 0 unspecified atom stereocenters. The molecule has 6 nitrogen and oxygen atoms in total. The van der Waals surface area contributed by atoms with Gasteiger partial charge >= 0.3 is 5.97 Å². The van der Waals surface area contributed by atoms with E-state index < -0.39 is 23.9 Å². The van der Waals surface area contributed by atoms with Gasteiger partial charge in [-0.05, 0) is 56.4 Å². The lowest BCUT2D eigenvalue weighted by Gasteiger charge is -2.13. The lowest BCUT2D eigenvalue weighted by molar-refractivity contribution is -0.129. The van der Waals surface area contributed by atoms with Gasteiger partial charge in [-0.15, -0.1) is 11.3 Å². The van der Waals surface area contributed by atoms with Crippen LogP contribution in [0.4, 0.5) is 0 Å². The van der Waals surface area contributed by atoms with Crippen molar-refractivity contribution in [1.82, 2.24) is 10.9 Å². The molecule has 2 amide bonds. The van der Waals surface area contributed by atoms with Crippen molar-refractivity contribution in [2.24, 2.45) is 0 Å². The molecule has 7 heteroatoms. The number of nitrogens with one attached hydrogen (secondary N) is 2. The first-order valence-corrected chi connectivity index (χ1v) is 10.3. The Hall–Kier alpha value is -2.67. The second-order valence-electron chi connectivity index (χ2n) is 6.83. The predicted molar refractivity (Wildman–Crippen MR) is 107 cm³/mol. The van der Waals surface area contributed by atoms with Crippen molar-refractivity contribution < 1.29 is 19.1 Å². The Balaban J connectivity index is 1.53. The van der Waals surface area contributed by atoms with Crippen LogP contribution in [0.25, 0.3) is 0 Å². The molecule has 0 saturated heterocycles. The van der Waals surface area contributed by atoms with Gasteiger partial charge in [-0.1, -0.05) is 31.0 Å². The standard InChI is InChI=1S/C21H24N2O4S/c1-14(19(24)22-23-20(25)15-9-6-4-7-10-15)27-21(26)18-13-16-11-5-2-3-8-12-17(16)28-18/h4,6-7,9-10,13-14H,2-3,5,8,11-12H2,1H3,(H,22,24)(H,23,25)/t14-/m0/s1. The van der Waals surface area contributed by atoms with Gasteiger partial charge in [0, 0.05) is 10.4 Å². The normalized spacial score (nSPS) is 14.8. The number of aryl methyl sites for hydroxylation is 2. The molecule has 1 aliphatic carbocycles. The van der Waals surface area contributed by atoms with Crippen LogP contribution in [-0.2, 0) is 22.4 Å². The number of hydrazine groups is 1. The van der Waals surface area contributed by atoms with Gasteiger partial charge in [0.25, 0.3) is 11.8 Å². The summed E-state index contributed by atoms with van der Waals surface area (Å²) >= 11 is 1.46. The first-order chi connectivity index (χ1) is 13.5. The number of carbonyl (C=O) groups excluding carboxylic acids is 3. The van der Waals surface area contributed by atoms with Crippen molar-refractivity contribution in [3.63, 3.8) is 0 Å². The van der Waals surface area contributed by atoms with Crippen LogP contribution in [-0.4, -0.2) is 23.9 Å². The van der Waals surface area contributed by atoms with Crippen molar-refractivity contribution in [3.05, 3.63) is 57.3 Å². The van der Waals surface area contributed by atoms with Crippen LogP contribution in [0.3, 0.4) is 0 Å². The number of benzene rings is 1. The van der Waals surface area contributed by atoms with E-state index in [0.717, 1.165) is 25.7 Å². The molecule has 0 saturated carbocycles. The fourth-order valence-electron chi connectivity index (χ4n) is 3.10. The average Bonchev–Trinajstić information content (AvgIpc) is 3.08. The summed E-state index contributed by atoms with van der Waals surface area (Å²) in [6, 6.07) is 10.4. The zero-order valence-electron chi connectivity index (χ0n) is 15.8. The van der Waals surface area contributed by atoms with Crippen LogP contribution in [0, 0.1) is 0 Å². The monoisotopic (exact) mass is 400 g/mol. The lowest BCUT2D eigenvalue weighted by atomic mass is 10.00. The van der Waals surface area contributed by atoms with E-state index in [1.54, 1.807) is 30.3 Å². The molecular formula is C21H24N2O4S. The Morgan fingerprint density at radius 1 is 1.00 bits per heavy atom. The predicted octanol–water partition coefficient (Wildman–Crippen LogP) is 3.41. The minimum absolute atomic E-state index is 0.420. The van der Waals surface area contributed by atoms with Crippen molar-refractivity contribution in [2.75, 3.05) is 0 Å². The minimum Gasteiger partial charge on any atom is -0.448 e. The molecule has 1 aromatic carbocycles. The van der Waals surface area contributed by atoms with Crippen molar-refractivity contribution in [1.29, 1.82) is 0 Å². The fourth-order valence-corrected chi connectivity index (χ4v) is 4.24. The van der Waals surface area contributed by atoms with Crippen LogP contribution in [0.5, 0.6) is 0 Å². The highest BCUT2D eigenvalue weighted by molar-refractivity contribution is 7.14. The Bertz CT molecular complexity index is 822. The number of carbonyl (C=O) groups is 3. The van der Waals surface area contributed by atoms with Gasteiger partial charge in [-0.3, -0.25) is 20.4 Å². The molecule has 148 valence electrons. The number of hydrogen-bond donors (Lipinski definition) is 2. The topological polar surface area (TPSA) is 84.5 Å². The largest absolute Gasteiger partial charge is 0.448 e. The zero-order valence-corrected chi connectivity index (χ0v) is 16.6. The van der Waals surface area contributed by atoms with Gasteiger partial charge in [0.05, 0.1) is 0 Å². The van der Waals surface area contributed by atoms with Crippen LogP contribution < -0.4 is 10.9 Å². The highest BCUT2D eigenvalue weighted by Gasteiger charge is 2.22. The zero-order chi connectivity index (χ0) is 19.9. The van der Waals surface area contributed by atoms with E-state index >= 15 is 0 Å². The van der Waals surface area contributed by atoms with E-state index in [1.165, 1.54) is 41.5 Å². The Morgan fingerprint density at radius 3 is 2.46 bits per heavy atom. The van der Waals surface area contributed by atoms with E-state index in [0.29, 0.717) is 10.4 Å². The third kappa shape index (κ3) is 5.19. The summed E-state index contributed by atoms with van der Waals surface area (Å²) in [6.07, 6.45) is 5.69. The smallest absolute Gasteiger partial charge is 0.349 e. The first kappa shape index (κ1) is 20.1. The summed E-state index contributed by atoms with van der Waals surface area (Å²) in [4.78, 5) is 38.3. The minimum atomic E-state index is -1.02. The average molecular weight is 400 g/mol. The Kier molecular flexibility index (Phi) is 6.81. The molecule has 2 aromatic rings. The number of rotatable bonds is 4. The fraction of sp³-hybridized carbons (Fsp3) is 0.381. The molecule has 28 heavy (non-hydrogen) atoms. The van der Waals surface area contributed by atoms with E-state index in [9.17, 15) is 14.4 Å². The number of esters is 1. The summed E-state index contributed by atoms with van der Waals surface area (Å²) in [7, 11) is 0. The molecule has 0 bridgehead atoms. The molecular weight excluding hydrogens is 376 g/mol.